The SMILES string of the molecule is CN(CCC(=O)Nc1cc(Cl)ccc1Cl)C1CCCC1. The van der Waals surface area contributed by atoms with Crippen LogP contribution in [0.15, 0.2) is 18.2 Å². The maximum Gasteiger partial charge on any atom is 0.225 e. The molecule has 110 valence electrons. The van der Waals surface area contributed by atoms with Crippen LogP contribution in [0, 0.1) is 0 Å². The number of carbonyl (C=O) groups excluding carboxylic acids is 1. The molecule has 0 bridgehead atoms. The van der Waals surface area contributed by atoms with Crippen LogP contribution in [0.3, 0.4) is 0 Å². The fourth-order valence-electron chi connectivity index (χ4n) is 2.61. The van der Waals surface area contributed by atoms with Crippen LogP contribution in [-0.4, -0.2) is 30.4 Å². The summed E-state index contributed by atoms with van der Waals surface area (Å²) in [5, 5.41) is 3.88. The molecule has 0 radical (unpaired) electrons. The topological polar surface area (TPSA) is 32.3 Å². The van der Waals surface area contributed by atoms with E-state index < -0.39 is 0 Å². The molecule has 0 atom stereocenters. The monoisotopic (exact) mass is 314 g/mol. The summed E-state index contributed by atoms with van der Waals surface area (Å²) in [6, 6.07) is 5.69. The number of nitrogens with one attached hydrogen (secondary N) is 1. The summed E-state index contributed by atoms with van der Waals surface area (Å²) < 4.78 is 0. The molecule has 0 spiro atoms. The molecule has 1 aliphatic carbocycles. The van der Waals surface area contributed by atoms with Gasteiger partial charge in [0.1, 0.15) is 0 Å². The van der Waals surface area contributed by atoms with Gasteiger partial charge in [-0.15, -0.1) is 0 Å². The van der Waals surface area contributed by atoms with Crippen molar-refractivity contribution in [1.82, 2.24) is 4.90 Å². The van der Waals surface area contributed by atoms with E-state index in [2.05, 4.69) is 17.3 Å². The summed E-state index contributed by atoms with van der Waals surface area (Å²) in [5.74, 6) is -0.0287. The highest BCUT2D eigenvalue weighted by atomic mass is 35.5. The predicted octanol–water partition coefficient (Wildman–Crippen LogP) is 4.20. The van der Waals surface area contributed by atoms with Gasteiger partial charge in [-0.25, -0.2) is 0 Å². The predicted molar refractivity (Wildman–Crippen MR) is 84.6 cm³/mol. The van der Waals surface area contributed by atoms with Crippen molar-refractivity contribution < 1.29 is 4.79 Å². The molecular weight excluding hydrogens is 295 g/mol. The largest absolute Gasteiger partial charge is 0.325 e. The van der Waals surface area contributed by atoms with E-state index in [0.29, 0.717) is 28.2 Å². The third-order valence-corrected chi connectivity index (χ3v) is 4.41. The summed E-state index contributed by atoms with van der Waals surface area (Å²) in [5.41, 5.74) is 0.577. The Kier molecular flexibility index (Phi) is 5.70. The van der Waals surface area contributed by atoms with Crippen LogP contribution in [0.25, 0.3) is 0 Å². The highest BCUT2D eigenvalue weighted by Gasteiger charge is 2.19. The maximum atomic E-state index is 12.0. The Morgan fingerprint density at radius 3 is 2.75 bits per heavy atom. The Balaban J connectivity index is 1.81. The van der Waals surface area contributed by atoms with Gasteiger partial charge in [-0.1, -0.05) is 36.0 Å². The van der Waals surface area contributed by atoms with Crippen LogP contribution in [0.4, 0.5) is 5.69 Å². The van der Waals surface area contributed by atoms with E-state index in [9.17, 15) is 4.79 Å². The molecular formula is C15H20Cl2N2O. The maximum absolute atomic E-state index is 12.0. The Labute approximate surface area is 130 Å². The van der Waals surface area contributed by atoms with Crippen LogP contribution in [0.5, 0.6) is 0 Å². The number of halogens is 2. The second-order valence-corrected chi connectivity index (χ2v) is 6.18. The Bertz CT molecular complexity index is 473. The lowest BCUT2D eigenvalue weighted by molar-refractivity contribution is -0.116. The molecule has 5 heteroatoms. The van der Waals surface area contributed by atoms with Crippen LogP contribution >= 0.6 is 23.2 Å². The van der Waals surface area contributed by atoms with Gasteiger partial charge in [0, 0.05) is 24.0 Å². The first-order valence-corrected chi connectivity index (χ1v) is 7.77. The van der Waals surface area contributed by atoms with Crippen LogP contribution in [0.1, 0.15) is 32.1 Å². The molecule has 1 amide bonds. The second kappa shape index (κ2) is 7.30. The molecule has 1 N–H and O–H groups in total. The average Bonchev–Trinajstić information content (AvgIpc) is 2.94. The van der Waals surface area contributed by atoms with Crippen molar-refractivity contribution in [3.05, 3.63) is 28.2 Å². The second-order valence-electron chi connectivity index (χ2n) is 5.34. The molecule has 0 aliphatic heterocycles. The number of hydrogen-bond acceptors (Lipinski definition) is 2. The first-order chi connectivity index (χ1) is 9.56. The Hall–Kier alpha value is -0.770. The molecule has 1 fully saturated rings. The van der Waals surface area contributed by atoms with Crippen molar-refractivity contribution in [3.63, 3.8) is 0 Å². The van der Waals surface area contributed by atoms with Gasteiger partial charge in [0.15, 0.2) is 0 Å². The van der Waals surface area contributed by atoms with E-state index in [0.717, 1.165) is 6.54 Å². The van der Waals surface area contributed by atoms with E-state index in [4.69, 9.17) is 23.2 Å². The standard InChI is InChI=1S/C15H20Cl2N2O/c1-19(12-4-2-3-5-12)9-8-15(20)18-14-10-11(16)6-7-13(14)17/h6-7,10,12H,2-5,8-9H2,1H3,(H,18,20). The molecule has 0 saturated heterocycles. The van der Waals surface area contributed by atoms with Crippen LogP contribution in [-0.2, 0) is 4.79 Å². The number of rotatable bonds is 5. The lowest BCUT2D eigenvalue weighted by atomic mass is 10.2. The zero-order valence-corrected chi connectivity index (χ0v) is 13.2. The molecule has 0 unspecified atom stereocenters. The van der Waals surface area contributed by atoms with Crippen molar-refractivity contribution in [2.45, 2.75) is 38.1 Å². The summed E-state index contributed by atoms with van der Waals surface area (Å²) >= 11 is 11.9. The molecule has 1 aromatic rings. The molecule has 20 heavy (non-hydrogen) atoms. The summed E-state index contributed by atoms with van der Waals surface area (Å²) in [7, 11) is 2.09. The van der Waals surface area contributed by atoms with Crippen molar-refractivity contribution in [2.24, 2.45) is 0 Å². The van der Waals surface area contributed by atoms with Gasteiger partial charge in [-0.2, -0.15) is 0 Å². The molecule has 1 saturated carbocycles. The number of carbonyl (C=O) groups is 1. The molecule has 1 aliphatic rings. The quantitative estimate of drug-likeness (QED) is 0.883. The van der Waals surface area contributed by atoms with Gasteiger partial charge in [-0.3, -0.25) is 4.79 Å². The minimum Gasteiger partial charge on any atom is -0.325 e. The Morgan fingerprint density at radius 2 is 2.05 bits per heavy atom. The number of hydrogen-bond donors (Lipinski definition) is 1. The minimum absolute atomic E-state index is 0.0287. The van der Waals surface area contributed by atoms with Gasteiger partial charge in [0.2, 0.25) is 5.91 Å². The number of amides is 1. The van der Waals surface area contributed by atoms with Crippen LogP contribution < -0.4 is 5.32 Å². The van der Waals surface area contributed by atoms with Crippen molar-refractivity contribution in [3.8, 4) is 0 Å². The van der Waals surface area contributed by atoms with Gasteiger partial charge in [0.05, 0.1) is 10.7 Å². The summed E-state index contributed by atoms with van der Waals surface area (Å²) in [6.45, 7) is 0.773. The molecule has 3 nitrogen and oxygen atoms in total. The molecule has 2 rings (SSSR count). The normalized spacial score (nSPS) is 15.8. The van der Waals surface area contributed by atoms with E-state index in [1.165, 1.54) is 25.7 Å². The number of benzene rings is 1. The number of anilines is 1. The van der Waals surface area contributed by atoms with E-state index in [1.54, 1.807) is 18.2 Å². The smallest absolute Gasteiger partial charge is 0.225 e. The van der Waals surface area contributed by atoms with E-state index in [1.807, 2.05) is 0 Å². The van der Waals surface area contributed by atoms with Gasteiger partial charge in [0.25, 0.3) is 0 Å². The third kappa shape index (κ3) is 4.37. The lowest BCUT2D eigenvalue weighted by Gasteiger charge is -2.23. The van der Waals surface area contributed by atoms with Crippen molar-refractivity contribution >= 4 is 34.8 Å². The zero-order valence-electron chi connectivity index (χ0n) is 11.7. The highest BCUT2D eigenvalue weighted by molar-refractivity contribution is 6.35. The molecule has 0 heterocycles. The summed E-state index contributed by atoms with van der Waals surface area (Å²) in [6.07, 6.45) is 5.57. The van der Waals surface area contributed by atoms with Crippen molar-refractivity contribution in [1.29, 1.82) is 0 Å². The summed E-state index contributed by atoms with van der Waals surface area (Å²) in [4.78, 5) is 14.2. The lowest BCUT2D eigenvalue weighted by Crippen LogP contribution is -2.32. The fraction of sp³-hybridized carbons (Fsp3) is 0.533. The van der Waals surface area contributed by atoms with E-state index in [-0.39, 0.29) is 5.91 Å². The van der Waals surface area contributed by atoms with Crippen molar-refractivity contribution in [2.75, 3.05) is 18.9 Å². The zero-order chi connectivity index (χ0) is 14.5. The van der Waals surface area contributed by atoms with Gasteiger partial charge in [-0.05, 0) is 38.1 Å². The third-order valence-electron chi connectivity index (χ3n) is 3.84. The van der Waals surface area contributed by atoms with Gasteiger partial charge >= 0.3 is 0 Å². The van der Waals surface area contributed by atoms with Gasteiger partial charge < -0.3 is 10.2 Å². The highest BCUT2D eigenvalue weighted by Crippen LogP contribution is 2.26. The first kappa shape index (κ1) is 15.6. The molecule has 0 aromatic heterocycles. The molecule has 1 aromatic carbocycles. The first-order valence-electron chi connectivity index (χ1n) is 7.01. The number of nitrogens with zero attached hydrogens (tertiary/aromatic N) is 1. The fourth-order valence-corrected chi connectivity index (χ4v) is 2.95. The average molecular weight is 315 g/mol. The van der Waals surface area contributed by atoms with E-state index >= 15 is 0 Å². The minimum atomic E-state index is -0.0287. The Morgan fingerprint density at radius 1 is 1.35 bits per heavy atom. The van der Waals surface area contributed by atoms with Crippen LogP contribution in [0.2, 0.25) is 10.0 Å².